The molecule has 8 aliphatic rings. The van der Waals surface area contributed by atoms with E-state index in [0.29, 0.717) is 17.4 Å². The van der Waals surface area contributed by atoms with Gasteiger partial charge >= 0.3 is 0 Å². The monoisotopic (exact) mass is 419 g/mol. The van der Waals surface area contributed by atoms with Crippen molar-refractivity contribution in [3.8, 4) is 0 Å². The van der Waals surface area contributed by atoms with Crippen LogP contribution in [0.1, 0.15) is 84.0 Å². The molecule has 2 nitrogen and oxygen atoms in total. The molecule has 3 heteroatoms. The first kappa shape index (κ1) is 16.9. The maximum absolute atomic E-state index is 13.6. The molecule has 0 aromatic heterocycles. The largest absolute Gasteiger partial charge is 0.353 e. The van der Waals surface area contributed by atoms with Gasteiger partial charge < -0.3 is 5.32 Å². The van der Waals surface area contributed by atoms with Crippen molar-refractivity contribution in [1.82, 2.24) is 5.32 Å². The minimum atomic E-state index is -0.0515. The lowest BCUT2D eigenvalue weighted by molar-refractivity contribution is -0.148. The van der Waals surface area contributed by atoms with Gasteiger partial charge in [0.15, 0.2) is 0 Å². The predicted molar refractivity (Wildman–Crippen MR) is 107 cm³/mol. The van der Waals surface area contributed by atoms with Gasteiger partial charge in [0.1, 0.15) is 0 Å². The summed E-state index contributed by atoms with van der Waals surface area (Å²) in [6, 6.07) is 0.377. The van der Waals surface area contributed by atoms with Crippen LogP contribution >= 0.6 is 15.9 Å². The lowest BCUT2D eigenvalue weighted by Crippen LogP contribution is -2.62. The standard InChI is InChI=1S/C23H34BrNO/c1-14(21-6-15-2-16(7-21)4-17(3-15)8-21)25-20(26)22-9-18-5-19(10-22)12-23(24,11-18)13-22/h14-19H,2-13H2,1H3,(H,25,26)/t14-,15?,16?,17?,18-,19-,21?,22?,23?/m1/s1. The molecule has 1 amide bonds. The van der Waals surface area contributed by atoms with E-state index >= 15 is 0 Å². The molecule has 0 radical (unpaired) electrons. The number of amides is 1. The Morgan fingerprint density at radius 2 is 1.35 bits per heavy atom. The topological polar surface area (TPSA) is 29.1 Å². The van der Waals surface area contributed by atoms with Gasteiger partial charge in [-0.05, 0) is 119 Å². The average Bonchev–Trinajstić information content (AvgIpc) is 2.51. The summed E-state index contributed by atoms with van der Waals surface area (Å²) in [5.74, 6) is 4.90. The van der Waals surface area contributed by atoms with Gasteiger partial charge in [0.2, 0.25) is 5.91 Å². The molecular weight excluding hydrogens is 386 g/mol. The molecule has 26 heavy (non-hydrogen) atoms. The van der Waals surface area contributed by atoms with E-state index in [4.69, 9.17) is 0 Å². The maximum Gasteiger partial charge on any atom is 0.226 e. The van der Waals surface area contributed by atoms with E-state index in [9.17, 15) is 4.79 Å². The summed E-state index contributed by atoms with van der Waals surface area (Å²) in [5.41, 5.74) is 0.378. The molecule has 1 N–H and O–H groups in total. The van der Waals surface area contributed by atoms with Crippen LogP contribution in [0.5, 0.6) is 0 Å². The Bertz CT molecular complexity index is 593. The second-order valence-electron chi connectivity index (χ2n) is 11.9. The number of carbonyl (C=O) groups is 1. The zero-order valence-electron chi connectivity index (χ0n) is 16.2. The summed E-state index contributed by atoms with van der Waals surface area (Å²) >= 11 is 4.08. The van der Waals surface area contributed by atoms with Gasteiger partial charge in [0.05, 0.1) is 5.41 Å². The Balaban J connectivity index is 1.22. The second-order valence-corrected chi connectivity index (χ2v) is 13.5. The first-order valence-corrected chi connectivity index (χ1v) is 12.1. The third-order valence-corrected chi connectivity index (χ3v) is 10.8. The smallest absolute Gasteiger partial charge is 0.226 e. The quantitative estimate of drug-likeness (QED) is 0.605. The van der Waals surface area contributed by atoms with Gasteiger partial charge in [-0.25, -0.2) is 0 Å². The highest BCUT2D eigenvalue weighted by Gasteiger charge is 2.60. The van der Waals surface area contributed by atoms with Crippen LogP contribution in [-0.2, 0) is 4.79 Å². The van der Waals surface area contributed by atoms with E-state index in [-0.39, 0.29) is 9.74 Å². The molecule has 8 fully saturated rings. The molecule has 0 aromatic rings. The van der Waals surface area contributed by atoms with Gasteiger partial charge in [0.25, 0.3) is 0 Å². The highest BCUT2D eigenvalue weighted by atomic mass is 79.9. The number of hydrogen-bond acceptors (Lipinski definition) is 1. The number of carbonyl (C=O) groups excluding carboxylic acids is 1. The van der Waals surface area contributed by atoms with Crippen molar-refractivity contribution in [3.63, 3.8) is 0 Å². The third kappa shape index (κ3) is 2.37. The summed E-state index contributed by atoms with van der Waals surface area (Å²) in [6.07, 6.45) is 16.0. The number of rotatable bonds is 3. The minimum absolute atomic E-state index is 0.0515. The second kappa shape index (κ2) is 5.30. The Labute approximate surface area is 166 Å². The van der Waals surface area contributed by atoms with Gasteiger partial charge in [0, 0.05) is 10.4 Å². The molecule has 0 heterocycles. The number of nitrogens with one attached hydrogen (secondary N) is 1. The normalized spacial score (nSPS) is 57.4. The van der Waals surface area contributed by atoms with Crippen LogP contribution in [0.15, 0.2) is 0 Å². The molecule has 0 saturated heterocycles. The fourth-order valence-corrected chi connectivity index (χ4v) is 11.1. The number of hydrogen-bond donors (Lipinski definition) is 1. The Morgan fingerprint density at radius 3 is 1.85 bits per heavy atom. The van der Waals surface area contributed by atoms with Gasteiger partial charge in [-0.2, -0.15) is 0 Å². The first-order valence-electron chi connectivity index (χ1n) is 11.4. The molecule has 3 atom stereocenters. The fraction of sp³-hybridized carbons (Fsp3) is 0.957. The minimum Gasteiger partial charge on any atom is -0.353 e. The molecule has 0 aromatic carbocycles. The molecule has 0 aliphatic heterocycles. The SMILES string of the molecule is C[C@@H](NC(=O)C12C[C@H]3C[C@@H](CC(Br)(C3)C1)C2)C12CC3CC(CC(C3)C1)C2. The van der Waals surface area contributed by atoms with Crippen molar-refractivity contribution in [2.75, 3.05) is 0 Å². The van der Waals surface area contributed by atoms with E-state index in [1.165, 1.54) is 57.8 Å². The summed E-state index contributed by atoms with van der Waals surface area (Å²) in [6.45, 7) is 2.36. The van der Waals surface area contributed by atoms with E-state index < -0.39 is 0 Å². The van der Waals surface area contributed by atoms with Crippen molar-refractivity contribution in [3.05, 3.63) is 0 Å². The van der Waals surface area contributed by atoms with Gasteiger partial charge in [-0.15, -0.1) is 0 Å². The van der Waals surface area contributed by atoms with Gasteiger partial charge in [-0.1, -0.05) is 15.9 Å². The highest BCUT2D eigenvalue weighted by molar-refractivity contribution is 9.10. The van der Waals surface area contributed by atoms with Crippen molar-refractivity contribution < 1.29 is 4.79 Å². The molecule has 8 saturated carbocycles. The number of alkyl halides is 1. The number of halogens is 1. The van der Waals surface area contributed by atoms with Crippen molar-refractivity contribution in [2.45, 2.75) is 94.3 Å². The molecule has 0 unspecified atom stereocenters. The highest BCUT2D eigenvalue weighted by Crippen LogP contribution is 2.65. The zero-order chi connectivity index (χ0) is 17.7. The zero-order valence-corrected chi connectivity index (χ0v) is 17.8. The van der Waals surface area contributed by atoms with Crippen LogP contribution in [-0.4, -0.2) is 16.3 Å². The average molecular weight is 420 g/mol. The molecular formula is C23H34BrNO. The lowest BCUT2D eigenvalue weighted by atomic mass is 9.47. The fourth-order valence-electron chi connectivity index (χ4n) is 9.63. The van der Waals surface area contributed by atoms with Crippen LogP contribution in [0.25, 0.3) is 0 Å². The van der Waals surface area contributed by atoms with E-state index in [2.05, 4.69) is 28.2 Å². The Hall–Kier alpha value is -0.0500. The van der Waals surface area contributed by atoms with Crippen LogP contribution in [0.2, 0.25) is 0 Å². The third-order valence-electron chi connectivity index (χ3n) is 9.82. The van der Waals surface area contributed by atoms with Crippen LogP contribution in [0, 0.1) is 40.4 Å². The summed E-state index contributed by atoms with van der Waals surface area (Å²) < 4.78 is 0.276. The van der Waals surface area contributed by atoms with Crippen molar-refractivity contribution >= 4 is 21.8 Å². The van der Waals surface area contributed by atoms with Crippen LogP contribution in [0.3, 0.4) is 0 Å². The molecule has 0 spiro atoms. The van der Waals surface area contributed by atoms with Crippen LogP contribution < -0.4 is 5.32 Å². The van der Waals surface area contributed by atoms with E-state index in [1.807, 2.05) is 0 Å². The maximum atomic E-state index is 13.6. The van der Waals surface area contributed by atoms with Crippen molar-refractivity contribution in [1.29, 1.82) is 0 Å². The first-order chi connectivity index (χ1) is 12.4. The van der Waals surface area contributed by atoms with Gasteiger partial charge in [-0.3, -0.25) is 4.79 Å². The molecule has 8 bridgehead atoms. The van der Waals surface area contributed by atoms with Crippen molar-refractivity contribution in [2.24, 2.45) is 40.4 Å². The molecule has 144 valence electrons. The van der Waals surface area contributed by atoms with E-state index in [1.54, 1.807) is 0 Å². The predicted octanol–water partition coefficient (Wildman–Crippen LogP) is 5.44. The summed E-state index contributed by atoms with van der Waals surface area (Å²) in [4.78, 5) is 13.6. The Kier molecular flexibility index (Phi) is 3.44. The summed E-state index contributed by atoms with van der Waals surface area (Å²) in [7, 11) is 0. The van der Waals surface area contributed by atoms with E-state index in [0.717, 1.165) is 48.9 Å². The summed E-state index contributed by atoms with van der Waals surface area (Å²) in [5, 5.41) is 3.65. The molecule has 8 rings (SSSR count). The van der Waals surface area contributed by atoms with Crippen LogP contribution in [0.4, 0.5) is 0 Å². The lowest BCUT2D eigenvalue weighted by Gasteiger charge is -2.61. The molecule has 8 aliphatic carbocycles. The Morgan fingerprint density at radius 1 is 0.846 bits per heavy atom.